The number of thioether (sulfide) groups is 1. The molecule has 2 aliphatic rings. The van der Waals surface area contributed by atoms with E-state index in [1.165, 1.54) is 0 Å². The van der Waals surface area contributed by atoms with Gasteiger partial charge in [0.05, 0.1) is 17.3 Å². The topological polar surface area (TPSA) is 48.4 Å². The van der Waals surface area contributed by atoms with Gasteiger partial charge >= 0.3 is 5.97 Å². The van der Waals surface area contributed by atoms with Crippen LogP contribution in [-0.4, -0.2) is 36.6 Å². The first-order valence-electron chi connectivity index (χ1n) is 11.4. The summed E-state index contributed by atoms with van der Waals surface area (Å²) in [6.07, 6.45) is 3.96. The number of nitrogens with zero attached hydrogens (tertiary/aromatic N) is 4. The van der Waals surface area contributed by atoms with Crippen LogP contribution in [0, 0.1) is 0 Å². The first-order valence-corrected chi connectivity index (χ1v) is 13.4. The number of ether oxygens (including phenoxy) is 1. The molecule has 3 aromatic rings. The van der Waals surface area contributed by atoms with Gasteiger partial charge in [-0.25, -0.2) is 9.80 Å². The average Bonchev–Trinajstić information content (AvgIpc) is 3.18. The first kappa shape index (κ1) is 24.6. The molecule has 6 nitrogen and oxygen atoms in total. The van der Waals surface area contributed by atoms with Crippen molar-refractivity contribution in [2.45, 2.75) is 12.6 Å². The molecular formula is C27H24Cl2N4O2S. The lowest BCUT2D eigenvalue weighted by Gasteiger charge is -2.43. The molecule has 0 N–H and O–H groups in total. The standard InChI is InChI=1S/C27H24Cl2N4O2S/c1-4-35-26(34)25-30-33(21-13-10-19(28)11-14-21)27(18-8-6-5-7-9-18)22-16-20(29)12-15-23(22)31(2)24(36-3)17-32(25)27/h5-17H,4H2,1-3H3/t27-/m0/s1. The van der Waals surface area contributed by atoms with Crippen molar-refractivity contribution in [3.05, 3.63) is 105 Å². The Kier molecular flexibility index (Phi) is 6.64. The number of carbonyl (C=O) groups is 1. The number of benzene rings is 3. The van der Waals surface area contributed by atoms with Crippen molar-refractivity contribution in [3.8, 4) is 0 Å². The van der Waals surface area contributed by atoms with Gasteiger partial charge in [0, 0.05) is 40.1 Å². The maximum Gasteiger partial charge on any atom is 0.376 e. The van der Waals surface area contributed by atoms with Crippen LogP contribution >= 0.6 is 35.0 Å². The minimum Gasteiger partial charge on any atom is -0.460 e. The summed E-state index contributed by atoms with van der Waals surface area (Å²) in [5.74, 6) is -0.345. The van der Waals surface area contributed by atoms with Crippen molar-refractivity contribution in [1.82, 2.24) is 4.90 Å². The molecule has 0 saturated carbocycles. The zero-order chi connectivity index (χ0) is 25.4. The molecule has 0 spiro atoms. The van der Waals surface area contributed by atoms with Crippen LogP contribution < -0.4 is 9.91 Å². The molecule has 5 rings (SSSR count). The Morgan fingerprint density at radius 1 is 1.03 bits per heavy atom. The van der Waals surface area contributed by atoms with Crippen LogP contribution in [-0.2, 0) is 15.2 Å². The zero-order valence-electron chi connectivity index (χ0n) is 20.0. The van der Waals surface area contributed by atoms with Crippen molar-refractivity contribution in [2.24, 2.45) is 5.10 Å². The number of carbonyl (C=O) groups excluding carboxylic acids is 1. The van der Waals surface area contributed by atoms with Gasteiger partial charge in [-0.2, -0.15) is 0 Å². The Labute approximate surface area is 224 Å². The van der Waals surface area contributed by atoms with Crippen LogP contribution in [0.15, 0.2) is 89.1 Å². The van der Waals surface area contributed by atoms with Crippen LogP contribution in [0.3, 0.4) is 0 Å². The fourth-order valence-electron chi connectivity index (χ4n) is 4.70. The summed E-state index contributed by atoms with van der Waals surface area (Å²) in [6, 6.07) is 23.2. The highest BCUT2D eigenvalue weighted by Crippen LogP contribution is 2.52. The van der Waals surface area contributed by atoms with E-state index in [4.69, 9.17) is 33.0 Å². The number of anilines is 2. The summed E-state index contributed by atoms with van der Waals surface area (Å²) in [6.45, 7) is 2.01. The molecule has 0 radical (unpaired) electrons. The third kappa shape index (κ3) is 3.82. The number of hydrogen-bond acceptors (Lipinski definition) is 7. The SMILES string of the molecule is CCOC(=O)C1=NN(c2ccc(Cl)cc2)[C@@]2(c3ccccc3)c3cc(Cl)ccc3N(C)C(SC)=CN12. The number of amidine groups is 1. The van der Waals surface area contributed by atoms with E-state index in [0.29, 0.717) is 10.0 Å². The smallest absolute Gasteiger partial charge is 0.376 e. The molecule has 0 unspecified atom stereocenters. The van der Waals surface area contributed by atoms with E-state index >= 15 is 0 Å². The minimum absolute atomic E-state index is 0.170. The molecule has 0 bridgehead atoms. The van der Waals surface area contributed by atoms with Gasteiger partial charge in [0.25, 0.3) is 0 Å². The third-order valence-electron chi connectivity index (χ3n) is 6.26. The fourth-order valence-corrected chi connectivity index (χ4v) is 5.58. The quantitative estimate of drug-likeness (QED) is 0.345. The lowest BCUT2D eigenvalue weighted by atomic mass is 9.87. The predicted molar refractivity (Wildman–Crippen MR) is 149 cm³/mol. The second-order valence-electron chi connectivity index (χ2n) is 8.23. The summed E-state index contributed by atoms with van der Waals surface area (Å²) in [5.41, 5.74) is 2.37. The molecule has 0 amide bonds. The molecule has 2 aliphatic heterocycles. The van der Waals surface area contributed by atoms with Gasteiger partial charge in [0.1, 0.15) is 0 Å². The van der Waals surface area contributed by atoms with Crippen LogP contribution in [0.2, 0.25) is 10.0 Å². The zero-order valence-corrected chi connectivity index (χ0v) is 22.3. The van der Waals surface area contributed by atoms with Crippen molar-refractivity contribution in [1.29, 1.82) is 0 Å². The average molecular weight is 539 g/mol. The molecule has 9 heteroatoms. The molecule has 184 valence electrons. The van der Waals surface area contributed by atoms with Crippen LogP contribution in [0.1, 0.15) is 18.1 Å². The number of hydrazone groups is 1. The van der Waals surface area contributed by atoms with Gasteiger partial charge < -0.3 is 9.64 Å². The second-order valence-corrected chi connectivity index (χ2v) is 9.93. The van der Waals surface area contributed by atoms with Gasteiger partial charge in [-0.15, -0.1) is 16.9 Å². The van der Waals surface area contributed by atoms with E-state index in [9.17, 15) is 4.79 Å². The molecule has 36 heavy (non-hydrogen) atoms. The highest BCUT2D eigenvalue weighted by Gasteiger charge is 2.56. The summed E-state index contributed by atoms with van der Waals surface area (Å²) in [4.78, 5) is 17.4. The molecule has 0 aliphatic carbocycles. The maximum atomic E-state index is 13.4. The summed E-state index contributed by atoms with van der Waals surface area (Å²) >= 11 is 14.4. The number of halogens is 2. The van der Waals surface area contributed by atoms with Gasteiger partial charge in [-0.05, 0) is 55.6 Å². The highest BCUT2D eigenvalue weighted by molar-refractivity contribution is 8.02. The number of rotatable bonds is 5. The highest BCUT2D eigenvalue weighted by atomic mass is 35.5. The Balaban J connectivity index is 1.92. The van der Waals surface area contributed by atoms with Gasteiger partial charge in [-0.3, -0.25) is 4.90 Å². The largest absolute Gasteiger partial charge is 0.460 e. The van der Waals surface area contributed by atoms with Gasteiger partial charge in [-0.1, -0.05) is 53.5 Å². The fraction of sp³-hybridized carbons (Fsp3) is 0.185. The summed E-state index contributed by atoms with van der Waals surface area (Å²) < 4.78 is 5.47. The van der Waals surface area contributed by atoms with Crippen molar-refractivity contribution in [3.63, 3.8) is 0 Å². The normalized spacial score (nSPS) is 18.8. The summed E-state index contributed by atoms with van der Waals surface area (Å²) in [7, 11) is 2.00. The molecular weight excluding hydrogens is 515 g/mol. The van der Waals surface area contributed by atoms with Crippen molar-refractivity contribution >= 4 is 58.1 Å². The van der Waals surface area contributed by atoms with E-state index in [1.54, 1.807) is 18.7 Å². The van der Waals surface area contributed by atoms with E-state index in [0.717, 1.165) is 27.5 Å². The molecule has 0 fully saturated rings. The summed E-state index contributed by atoms with van der Waals surface area (Å²) in [5, 5.41) is 8.86. The van der Waals surface area contributed by atoms with E-state index in [-0.39, 0.29) is 12.4 Å². The van der Waals surface area contributed by atoms with Crippen LogP contribution in [0.5, 0.6) is 0 Å². The number of esters is 1. The Bertz CT molecular complexity index is 1360. The Morgan fingerprint density at radius 2 is 1.72 bits per heavy atom. The Morgan fingerprint density at radius 3 is 2.39 bits per heavy atom. The minimum atomic E-state index is -1.08. The van der Waals surface area contributed by atoms with Crippen LogP contribution in [0.25, 0.3) is 0 Å². The second kappa shape index (κ2) is 9.73. The monoisotopic (exact) mass is 538 g/mol. The third-order valence-corrected chi connectivity index (χ3v) is 7.54. The van der Waals surface area contributed by atoms with E-state index in [1.807, 2.05) is 102 Å². The predicted octanol–water partition coefficient (Wildman–Crippen LogP) is 6.51. The lowest BCUT2D eigenvalue weighted by Crippen LogP contribution is -2.52. The Hall–Kier alpha value is -3.13. The van der Waals surface area contributed by atoms with E-state index in [2.05, 4.69) is 4.90 Å². The van der Waals surface area contributed by atoms with Gasteiger partial charge in [0.15, 0.2) is 5.66 Å². The molecule has 1 atom stereocenters. The van der Waals surface area contributed by atoms with Crippen molar-refractivity contribution in [2.75, 3.05) is 29.8 Å². The molecule has 3 aromatic carbocycles. The molecule has 0 aromatic heterocycles. The van der Waals surface area contributed by atoms with Gasteiger partial charge in [0.2, 0.25) is 5.84 Å². The molecule has 2 heterocycles. The maximum absolute atomic E-state index is 13.4. The van der Waals surface area contributed by atoms with Crippen molar-refractivity contribution < 1.29 is 9.53 Å². The number of hydrogen-bond donors (Lipinski definition) is 0. The first-order chi connectivity index (χ1) is 17.4. The lowest BCUT2D eigenvalue weighted by molar-refractivity contribution is -0.135. The number of fused-ring (bicyclic) bond motifs is 3. The van der Waals surface area contributed by atoms with Crippen LogP contribution in [0.4, 0.5) is 11.4 Å². The van der Waals surface area contributed by atoms with E-state index < -0.39 is 11.6 Å². The molecule has 0 saturated heterocycles.